The minimum atomic E-state index is -0.343. The molecule has 0 aromatic heterocycles. The van der Waals surface area contributed by atoms with E-state index in [1.54, 1.807) is 0 Å². The summed E-state index contributed by atoms with van der Waals surface area (Å²) in [6.07, 6.45) is 1.75. The standard InChI is InChI=1S/C12H14INO2/c1-8-3-2-4-9(10(8)13)11(16)14-12(7-15)5-6-12/h2-4,15H,5-7H2,1H3,(H,14,16). The van der Waals surface area contributed by atoms with Gasteiger partial charge in [0.2, 0.25) is 0 Å². The van der Waals surface area contributed by atoms with Gasteiger partial charge in [-0.3, -0.25) is 4.79 Å². The highest BCUT2D eigenvalue weighted by molar-refractivity contribution is 14.1. The van der Waals surface area contributed by atoms with Crippen LogP contribution in [0.4, 0.5) is 0 Å². The summed E-state index contributed by atoms with van der Waals surface area (Å²) in [6, 6.07) is 5.68. The van der Waals surface area contributed by atoms with Crippen LogP contribution in [0, 0.1) is 10.5 Å². The first kappa shape index (κ1) is 11.9. The lowest BCUT2D eigenvalue weighted by Gasteiger charge is -2.15. The first-order chi connectivity index (χ1) is 7.58. The van der Waals surface area contributed by atoms with Gasteiger partial charge in [0.25, 0.3) is 5.91 Å². The first-order valence-corrected chi connectivity index (χ1v) is 6.34. The van der Waals surface area contributed by atoms with Crippen LogP contribution in [0.15, 0.2) is 18.2 Å². The van der Waals surface area contributed by atoms with Crippen LogP contribution in [0.2, 0.25) is 0 Å². The summed E-state index contributed by atoms with van der Waals surface area (Å²) in [5, 5.41) is 12.1. The Morgan fingerprint density at radius 2 is 2.25 bits per heavy atom. The lowest BCUT2D eigenvalue weighted by Crippen LogP contribution is -2.39. The Morgan fingerprint density at radius 1 is 1.56 bits per heavy atom. The summed E-state index contributed by atoms with van der Waals surface area (Å²) in [5.41, 5.74) is 1.45. The van der Waals surface area contributed by atoms with E-state index in [2.05, 4.69) is 27.9 Å². The highest BCUT2D eigenvalue weighted by Gasteiger charge is 2.43. The van der Waals surface area contributed by atoms with Crippen LogP contribution in [0.1, 0.15) is 28.8 Å². The van der Waals surface area contributed by atoms with E-state index in [0.29, 0.717) is 5.56 Å². The number of hydrogen-bond donors (Lipinski definition) is 2. The van der Waals surface area contributed by atoms with E-state index < -0.39 is 0 Å². The maximum absolute atomic E-state index is 12.0. The summed E-state index contributed by atoms with van der Waals surface area (Å²) in [5.74, 6) is -0.0837. The van der Waals surface area contributed by atoms with Crippen LogP contribution in [-0.2, 0) is 0 Å². The van der Waals surface area contributed by atoms with Crippen molar-refractivity contribution in [1.29, 1.82) is 0 Å². The Balaban J connectivity index is 2.18. The van der Waals surface area contributed by atoms with Crippen molar-refractivity contribution < 1.29 is 9.90 Å². The van der Waals surface area contributed by atoms with E-state index in [-0.39, 0.29) is 18.1 Å². The van der Waals surface area contributed by atoms with Crippen LogP contribution in [0.3, 0.4) is 0 Å². The van der Waals surface area contributed by atoms with Crippen LogP contribution in [0.25, 0.3) is 0 Å². The zero-order valence-corrected chi connectivity index (χ0v) is 11.2. The number of carbonyl (C=O) groups is 1. The minimum absolute atomic E-state index is 0.0289. The van der Waals surface area contributed by atoms with Gasteiger partial charge in [0.1, 0.15) is 0 Å². The van der Waals surface area contributed by atoms with Crippen LogP contribution >= 0.6 is 22.6 Å². The highest BCUT2D eigenvalue weighted by atomic mass is 127. The summed E-state index contributed by atoms with van der Waals surface area (Å²) in [6.45, 7) is 2.01. The molecule has 0 spiro atoms. The van der Waals surface area contributed by atoms with Crippen molar-refractivity contribution in [3.05, 3.63) is 32.9 Å². The number of rotatable bonds is 3. The number of halogens is 1. The molecule has 2 rings (SSSR count). The predicted octanol–water partition coefficient (Wildman–Crippen LogP) is 1.85. The van der Waals surface area contributed by atoms with Crippen LogP contribution in [-0.4, -0.2) is 23.2 Å². The molecule has 2 N–H and O–H groups in total. The number of aliphatic hydroxyl groups excluding tert-OH is 1. The van der Waals surface area contributed by atoms with Gasteiger partial charge in [-0.15, -0.1) is 0 Å². The van der Waals surface area contributed by atoms with E-state index in [0.717, 1.165) is 22.0 Å². The van der Waals surface area contributed by atoms with Gasteiger partial charge >= 0.3 is 0 Å². The summed E-state index contributed by atoms with van der Waals surface area (Å²) in [7, 11) is 0. The maximum Gasteiger partial charge on any atom is 0.252 e. The second-order valence-corrected chi connectivity index (χ2v) is 5.41. The lowest BCUT2D eigenvalue weighted by atomic mass is 10.1. The fourth-order valence-electron chi connectivity index (χ4n) is 1.60. The Labute approximate surface area is 108 Å². The first-order valence-electron chi connectivity index (χ1n) is 5.26. The SMILES string of the molecule is Cc1cccc(C(=O)NC2(CO)CC2)c1I. The van der Waals surface area contributed by atoms with E-state index >= 15 is 0 Å². The molecule has 1 fully saturated rings. The Kier molecular flexibility index (Phi) is 3.21. The van der Waals surface area contributed by atoms with Crippen molar-refractivity contribution in [2.45, 2.75) is 25.3 Å². The Bertz CT molecular complexity index is 427. The van der Waals surface area contributed by atoms with E-state index in [1.165, 1.54) is 0 Å². The molecule has 1 saturated carbocycles. The van der Waals surface area contributed by atoms with Gasteiger partial charge < -0.3 is 10.4 Å². The molecule has 86 valence electrons. The molecule has 1 amide bonds. The van der Waals surface area contributed by atoms with Gasteiger partial charge in [0, 0.05) is 3.57 Å². The second-order valence-electron chi connectivity index (χ2n) is 4.33. The zero-order valence-electron chi connectivity index (χ0n) is 9.09. The molecule has 1 aromatic carbocycles. The molecule has 1 aliphatic rings. The average Bonchev–Trinajstić information content (AvgIpc) is 3.02. The molecule has 3 nitrogen and oxygen atoms in total. The molecule has 0 saturated heterocycles. The van der Waals surface area contributed by atoms with Crippen molar-refractivity contribution >= 4 is 28.5 Å². The third kappa shape index (κ3) is 2.22. The number of hydrogen-bond acceptors (Lipinski definition) is 2. The van der Waals surface area contributed by atoms with Crippen molar-refractivity contribution in [2.24, 2.45) is 0 Å². The third-order valence-corrected chi connectivity index (χ3v) is 4.40. The molecule has 0 radical (unpaired) electrons. The minimum Gasteiger partial charge on any atom is -0.394 e. The van der Waals surface area contributed by atoms with Gasteiger partial charge in [-0.1, -0.05) is 12.1 Å². The summed E-state index contributed by atoms with van der Waals surface area (Å²) >= 11 is 2.18. The normalized spacial score (nSPS) is 16.9. The fraction of sp³-hybridized carbons (Fsp3) is 0.417. The smallest absolute Gasteiger partial charge is 0.252 e. The molecule has 0 aliphatic heterocycles. The molecule has 0 atom stereocenters. The molecule has 0 unspecified atom stereocenters. The van der Waals surface area contributed by atoms with E-state index in [9.17, 15) is 4.79 Å². The molecular weight excluding hydrogens is 317 g/mol. The maximum atomic E-state index is 12.0. The Hall–Kier alpha value is -0.620. The molecule has 0 bridgehead atoms. The number of aliphatic hydroxyl groups is 1. The van der Waals surface area contributed by atoms with Crippen molar-refractivity contribution in [3.63, 3.8) is 0 Å². The van der Waals surface area contributed by atoms with Crippen LogP contribution in [0.5, 0.6) is 0 Å². The monoisotopic (exact) mass is 331 g/mol. The third-order valence-electron chi connectivity index (χ3n) is 2.97. The van der Waals surface area contributed by atoms with E-state index in [4.69, 9.17) is 5.11 Å². The molecule has 0 heterocycles. The number of aryl methyl sites for hydroxylation is 1. The Morgan fingerprint density at radius 3 is 2.81 bits per heavy atom. The number of carbonyl (C=O) groups excluding carboxylic acids is 1. The number of benzene rings is 1. The second kappa shape index (κ2) is 4.33. The summed E-state index contributed by atoms with van der Waals surface area (Å²) < 4.78 is 0.978. The average molecular weight is 331 g/mol. The lowest BCUT2D eigenvalue weighted by molar-refractivity contribution is 0.0906. The number of amides is 1. The number of nitrogens with one attached hydrogen (secondary N) is 1. The summed E-state index contributed by atoms with van der Waals surface area (Å²) in [4.78, 5) is 12.0. The molecule has 16 heavy (non-hydrogen) atoms. The van der Waals surface area contributed by atoms with Gasteiger partial charge in [0.15, 0.2) is 0 Å². The molecular formula is C12H14INO2. The van der Waals surface area contributed by atoms with Gasteiger partial charge in [-0.25, -0.2) is 0 Å². The fourth-order valence-corrected chi connectivity index (χ4v) is 2.21. The highest BCUT2D eigenvalue weighted by Crippen LogP contribution is 2.35. The van der Waals surface area contributed by atoms with Crippen molar-refractivity contribution in [1.82, 2.24) is 5.32 Å². The predicted molar refractivity (Wildman–Crippen MR) is 70.4 cm³/mol. The largest absolute Gasteiger partial charge is 0.394 e. The van der Waals surface area contributed by atoms with Crippen LogP contribution < -0.4 is 5.32 Å². The quantitative estimate of drug-likeness (QED) is 0.831. The van der Waals surface area contributed by atoms with E-state index in [1.807, 2.05) is 25.1 Å². The van der Waals surface area contributed by atoms with Gasteiger partial charge in [0.05, 0.1) is 17.7 Å². The molecule has 4 heteroatoms. The molecule has 1 aromatic rings. The van der Waals surface area contributed by atoms with Crippen molar-refractivity contribution in [2.75, 3.05) is 6.61 Å². The van der Waals surface area contributed by atoms with Crippen molar-refractivity contribution in [3.8, 4) is 0 Å². The topological polar surface area (TPSA) is 49.3 Å². The zero-order chi connectivity index (χ0) is 11.8. The molecule has 1 aliphatic carbocycles. The van der Waals surface area contributed by atoms with Gasteiger partial charge in [-0.2, -0.15) is 0 Å². The van der Waals surface area contributed by atoms with Gasteiger partial charge in [-0.05, 0) is 54.0 Å².